The Kier molecular flexibility index (Phi) is 7.16. The van der Waals surface area contributed by atoms with E-state index in [4.69, 9.17) is 0 Å². The summed E-state index contributed by atoms with van der Waals surface area (Å²) in [5.74, 6) is -7.04. The maximum atomic E-state index is 13.6. The Morgan fingerprint density at radius 2 is 1.89 bits per heavy atom. The van der Waals surface area contributed by atoms with Crippen LogP contribution in [0.25, 0.3) is 0 Å². The standard InChI is InChI=1S/C16H15F3N2O5S2/c1-21(8-10-3-2-6-27-10)13(22)9-26-14(23)7-20-28(24,25)12-5-4-11(17)15(18)16(12)19/h2-6,20H,7-9H2,1H3. The highest BCUT2D eigenvalue weighted by molar-refractivity contribution is 7.89. The minimum absolute atomic E-state index is 0.316. The third-order valence-corrected chi connectivity index (χ3v) is 5.73. The molecular weight excluding hydrogens is 421 g/mol. The summed E-state index contributed by atoms with van der Waals surface area (Å²) in [6, 6.07) is 4.60. The summed E-state index contributed by atoms with van der Waals surface area (Å²) in [5, 5.41) is 1.84. The Balaban J connectivity index is 1.86. The van der Waals surface area contributed by atoms with Gasteiger partial charge in [-0.05, 0) is 23.6 Å². The van der Waals surface area contributed by atoms with Crippen LogP contribution in [-0.2, 0) is 30.9 Å². The van der Waals surface area contributed by atoms with Crippen LogP contribution in [0.2, 0.25) is 0 Å². The zero-order chi connectivity index (χ0) is 20.9. The van der Waals surface area contributed by atoms with E-state index in [1.165, 1.54) is 23.3 Å². The Bertz CT molecular complexity index is 965. The Morgan fingerprint density at radius 1 is 1.18 bits per heavy atom. The van der Waals surface area contributed by atoms with Gasteiger partial charge in [-0.15, -0.1) is 11.3 Å². The number of carbonyl (C=O) groups excluding carboxylic acids is 2. The number of hydrogen-bond donors (Lipinski definition) is 1. The Morgan fingerprint density at radius 3 is 2.54 bits per heavy atom. The van der Waals surface area contributed by atoms with Gasteiger partial charge in [-0.1, -0.05) is 6.07 Å². The molecule has 0 fully saturated rings. The van der Waals surface area contributed by atoms with Crippen molar-refractivity contribution in [3.8, 4) is 0 Å². The van der Waals surface area contributed by atoms with E-state index in [-0.39, 0.29) is 0 Å². The number of carbonyl (C=O) groups is 2. The topological polar surface area (TPSA) is 92.8 Å². The number of amides is 1. The molecule has 0 aliphatic carbocycles. The quantitative estimate of drug-likeness (QED) is 0.502. The van der Waals surface area contributed by atoms with Crippen molar-refractivity contribution >= 4 is 33.2 Å². The largest absolute Gasteiger partial charge is 0.455 e. The number of ether oxygens (including phenoxy) is 1. The van der Waals surface area contributed by atoms with Gasteiger partial charge in [-0.25, -0.2) is 21.6 Å². The third kappa shape index (κ3) is 5.53. The van der Waals surface area contributed by atoms with Crippen molar-refractivity contribution < 1.29 is 35.9 Å². The lowest BCUT2D eigenvalue weighted by Gasteiger charge is -2.16. The van der Waals surface area contributed by atoms with Crippen molar-refractivity contribution in [1.29, 1.82) is 0 Å². The van der Waals surface area contributed by atoms with Gasteiger partial charge in [0.05, 0.1) is 6.54 Å². The number of benzene rings is 1. The van der Waals surface area contributed by atoms with Crippen LogP contribution >= 0.6 is 11.3 Å². The van der Waals surface area contributed by atoms with E-state index in [1.54, 1.807) is 4.72 Å². The lowest BCUT2D eigenvalue weighted by atomic mass is 10.3. The predicted molar refractivity (Wildman–Crippen MR) is 93.3 cm³/mol. The fourth-order valence-corrected chi connectivity index (χ4v) is 3.77. The highest BCUT2D eigenvalue weighted by atomic mass is 32.2. The summed E-state index contributed by atoms with van der Waals surface area (Å²) in [6.07, 6.45) is 0. The van der Waals surface area contributed by atoms with Gasteiger partial charge in [-0.2, -0.15) is 4.72 Å². The molecule has 28 heavy (non-hydrogen) atoms. The normalized spacial score (nSPS) is 11.3. The monoisotopic (exact) mass is 436 g/mol. The highest BCUT2D eigenvalue weighted by Crippen LogP contribution is 2.19. The molecule has 0 atom stereocenters. The molecule has 1 heterocycles. The molecule has 0 spiro atoms. The molecule has 12 heteroatoms. The minimum Gasteiger partial charge on any atom is -0.455 e. The lowest BCUT2D eigenvalue weighted by Crippen LogP contribution is -2.34. The maximum absolute atomic E-state index is 13.6. The molecule has 0 saturated carbocycles. The van der Waals surface area contributed by atoms with Gasteiger partial charge in [0.15, 0.2) is 24.1 Å². The van der Waals surface area contributed by atoms with Crippen LogP contribution in [0, 0.1) is 17.5 Å². The molecule has 1 aromatic carbocycles. The van der Waals surface area contributed by atoms with Crippen molar-refractivity contribution in [2.24, 2.45) is 0 Å². The molecule has 2 aromatic rings. The smallest absolute Gasteiger partial charge is 0.321 e. The first-order valence-corrected chi connectivity index (χ1v) is 10.0. The molecule has 0 aliphatic heterocycles. The average molecular weight is 436 g/mol. The molecule has 7 nitrogen and oxygen atoms in total. The third-order valence-electron chi connectivity index (χ3n) is 3.45. The van der Waals surface area contributed by atoms with Crippen LogP contribution in [-0.4, -0.2) is 45.4 Å². The molecular formula is C16H15F3N2O5S2. The van der Waals surface area contributed by atoms with E-state index in [9.17, 15) is 31.2 Å². The molecule has 2 rings (SSSR count). The number of nitrogens with one attached hydrogen (secondary N) is 1. The van der Waals surface area contributed by atoms with Crippen molar-refractivity contribution in [1.82, 2.24) is 9.62 Å². The number of hydrogen-bond acceptors (Lipinski definition) is 6. The molecule has 152 valence electrons. The molecule has 1 amide bonds. The van der Waals surface area contributed by atoms with Crippen LogP contribution in [0.4, 0.5) is 13.2 Å². The second-order valence-corrected chi connectivity index (χ2v) is 8.26. The minimum atomic E-state index is -4.64. The number of thiophene rings is 1. The van der Waals surface area contributed by atoms with Gasteiger partial charge < -0.3 is 9.64 Å². The Hall–Kier alpha value is -2.44. The second-order valence-electron chi connectivity index (χ2n) is 5.49. The summed E-state index contributed by atoms with van der Waals surface area (Å²) in [4.78, 5) is 24.6. The average Bonchev–Trinajstić information content (AvgIpc) is 3.15. The maximum Gasteiger partial charge on any atom is 0.321 e. The molecule has 1 N–H and O–H groups in total. The van der Waals surface area contributed by atoms with Gasteiger partial charge >= 0.3 is 5.97 Å². The molecule has 0 unspecified atom stereocenters. The zero-order valence-electron chi connectivity index (χ0n) is 14.4. The molecule has 0 aliphatic rings. The van der Waals surface area contributed by atoms with Crippen molar-refractivity contribution in [3.05, 3.63) is 52.0 Å². The number of rotatable bonds is 8. The van der Waals surface area contributed by atoms with E-state index in [0.29, 0.717) is 18.7 Å². The molecule has 1 aromatic heterocycles. The van der Waals surface area contributed by atoms with Gasteiger partial charge in [0.25, 0.3) is 5.91 Å². The number of likely N-dealkylation sites (N-methyl/N-ethyl adjacent to an activating group) is 1. The van der Waals surface area contributed by atoms with Crippen LogP contribution in [0.3, 0.4) is 0 Å². The Labute approximate surface area is 162 Å². The summed E-state index contributed by atoms with van der Waals surface area (Å²) >= 11 is 1.45. The van der Waals surface area contributed by atoms with Crippen LogP contribution in [0.1, 0.15) is 4.88 Å². The summed E-state index contributed by atoms with van der Waals surface area (Å²) < 4.78 is 69.8. The number of sulfonamides is 1. The van der Waals surface area contributed by atoms with Gasteiger partial charge in [0.2, 0.25) is 10.0 Å². The molecule has 0 radical (unpaired) electrons. The zero-order valence-corrected chi connectivity index (χ0v) is 16.1. The van der Waals surface area contributed by atoms with Gasteiger partial charge in [0.1, 0.15) is 11.4 Å². The van der Waals surface area contributed by atoms with Gasteiger partial charge in [0, 0.05) is 11.9 Å². The van der Waals surface area contributed by atoms with Gasteiger partial charge in [-0.3, -0.25) is 9.59 Å². The highest BCUT2D eigenvalue weighted by Gasteiger charge is 2.25. The first-order chi connectivity index (χ1) is 13.1. The SMILES string of the molecule is CN(Cc1cccs1)C(=O)COC(=O)CNS(=O)(=O)c1ccc(F)c(F)c1F. The van der Waals surface area contributed by atoms with E-state index >= 15 is 0 Å². The lowest BCUT2D eigenvalue weighted by molar-refractivity contribution is -0.150. The van der Waals surface area contributed by atoms with Crippen molar-refractivity contribution in [2.45, 2.75) is 11.4 Å². The fourth-order valence-electron chi connectivity index (χ4n) is 1.98. The number of nitrogens with zero attached hydrogens (tertiary/aromatic N) is 1. The van der Waals surface area contributed by atoms with Crippen LogP contribution < -0.4 is 4.72 Å². The van der Waals surface area contributed by atoms with Crippen LogP contribution in [0.15, 0.2) is 34.5 Å². The number of esters is 1. The molecule has 0 saturated heterocycles. The summed E-state index contributed by atoms with van der Waals surface area (Å²) in [5.41, 5.74) is 0. The van der Waals surface area contributed by atoms with E-state index in [1.807, 2.05) is 17.5 Å². The predicted octanol–water partition coefficient (Wildman–Crippen LogP) is 1.65. The van der Waals surface area contributed by atoms with Crippen molar-refractivity contribution in [3.63, 3.8) is 0 Å². The van der Waals surface area contributed by atoms with E-state index < -0.39 is 57.4 Å². The van der Waals surface area contributed by atoms with E-state index in [0.717, 1.165) is 4.88 Å². The number of halogens is 3. The van der Waals surface area contributed by atoms with Crippen molar-refractivity contribution in [2.75, 3.05) is 20.2 Å². The first-order valence-electron chi connectivity index (χ1n) is 7.67. The van der Waals surface area contributed by atoms with E-state index in [2.05, 4.69) is 4.74 Å². The fraction of sp³-hybridized carbons (Fsp3) is 0.250. The molecule has 0 bridgehead atoms. The summed E-state index contributed by atoms with van der Waals surface area (Å²) in [6.45, 7) is -1.24. The summed E-state index contributed by atoms with van der Waals surface area (Å²) in [7, 11) is -3.14. The second kappa shape index (κ2) is 9.17. The first kappa shape index (κ1) is 21.9. The van der Waals surface area contributed by atoms with Crippen LogP contribution in [0.5, 0.6) is 0 Å².